The van der Waals surface area contributed by atoms with E-state index in [1.54, 1.807) is 7.11 Å². The number of nitrogens with one attached hydrogen (secondary N) is 3. The summed E-state index contributed by atoms with van der Waals surface area (Å²) in [6.45, 7) is 7.49. The summed E-state index contributed by atoms with van der Waals surface area (Å²) >= 11 is 0. The molecule has 0 bridgehead atoms. The van der Waals surface area contributed by atoms with E-state index in [1.807, 2.05) is 7.05 Å². The fourth-order valence-corrected chi connectivity index (χ4v) is 5.08. The molecule has 2 aliphatic rings. The molecule has 0 spiro atoms. The Kier molecular flexibility index (Phi) is 9.62. The Hall–Kier alpha value is -1.63. The van der Waals surface area contributed by atoms with Crippen molar-refractivity contribution < 1.29 is 4.74 Å². The zero-order valence-corrected chi connectivity index (χ0v) is 19.8. The monoisotopic (exact) mass is 429 g/mol. The predicted molar refractivity (Wildman–Crippen MR) is 130 cm³/mol. The molecule has 1 aliphatic heterocycles. The molecule has 1 unspecified atom stereocenters. The van der Waals surface area contributed by atoms with E-state index in [-0.39, 0.29) is 5.54 Å². The van der Waals surface area contributed by atoms with E-state index < -0.39 is 0 Å². The van der Waals surface area contributed by atoms with E-state index in [0.717, 1.165) is 45.2 Å². The summed E-state index contributed by atoms with van der Waals surface area (Å²) in [6.07, 6.45) is 8.48. The Morgan fingerprint density at radius 1 is 1.19 bits per heavy atom. The Morgan fingerprint density at radius 2 is 1.90 bits per heavy atom. The Bertz CT molecular complexity index is 651. The second-order valence-electron chi connectivity index (χ2n) is 9.30. The molecule has 31 heavy (non-hydrogen) atoms. The number of aliphatic imine (C=N–C) groups is 1. The molecule has 0 aromatic heterocycles. The maximum atomic E-state index is 5.18. The molecule has 1 saturated heterocycles. The van der Waals surface area contributed by atoms with Crippen molar-refractivity contribution in [2.24, 2.45) is 4.99 Å². The first-order valence-corrected chi connectivity index (χ1v) is 12.2. The highest BCUT2D eigenvalue weighted by Crippen LogP contribution is 2.31. The molecule has 0 amide bonds. The van der Waals surface area contributed by atoms with Crippen LogP contribution in [0.25, 0.3) is 0 Å². The molecule has 2 fully saturated rings. The summed E-state index contributed by atoms with van der Waals surface area (Å²) in [5.74, 6) is 0.943. The van der Waals surface area contributed by atoms with Crippen LogP contribution in [-0.2, 0) is 4.74 Å². The van der Waals surface area contributed by atoms with Gasteiger partial charge in [-0.15, -0.1) is 0 Å². The van der Waals surface area contributed by atoms with Crippen LogP contribution >= 0.6 is 0 Å². The van der Waals surface area contributed by atoms with Gasteiger partial charge in [0.2, 0.25) is 0 Å². The third-order valence-electron chi connectivity index (χ3n) is 6.95. The average Bonchev–Trinajstić information content (AvgIpc) is 3.27. The first kappa shape index (κ1) is 24.0. The molecular weight excluding hydrogens is 386 g/mol. The van der Waals surface area contributed by atoms with Gasteiger partial charge in [-0.3, -0.25) is 4.99 Å². The summed E-state index contributed by atoms with van der Waals surface area (Å²) in [5, 5.41) is 11.3. The first-order valence-electron chi connectivity index (χ1n) is 12.2. The maximum absolute atomic E-state index is 5.18. The average molecular weight is 430 g/mol. The van der Waals surface area contributed by atoms with Crippen molar-refractivity contribution in [2.75, 3.05) is 46.9 Å². The van der Waals surface area contributed by atoms with Crippen LogP contribution in [0.3, 0.4) is 0 Å². The largest absolute Gasteiger partial charge is 0.385 e. The minimum absolute atomic E-state index is 0.136. The van der Waals surface area contributed by atoms with Gasteiger partial charge in [-0.25, -0.2) is 0 Å². The number of benzene rings is 1. The highest BCUT2D eigenvalue weighted by Gasteiger charge is 2.35. The van der Waals surface area contributed by atoms with E-state index in [9.17, 15) is 0 Å². The molecule has 1 heterocycles. The highest BCUT2D eigenvalue weighted by molar-refractivity contribution is 5.80. The standard InChI is InChI=1S/C25H43N5O/c1-21(22-10-5-4-6-11-22)29-25(14-7-8-15-25)20-27-24(26-2)28-23-12-17-30(18-13-23)16-9-19-31-3/h4-6,10-11,21,23,29H,7-9,12-20H2,1-3H3,(H2,26,27,28). The normalized spacial score (nSPS) is 21.2. The number of guanidine groups is 1. The zero-order chi connectivity index (χ0) is 21.9. The number of hydrogen-bond acceptors (Lipinski definition) is 4. The summed E-state index contributed by atoms with van der Waals surface area (Å²) in [7, 11) is 3.67. The van der Waals surface area contributed by atoms with Crippen LogP contribution in [0.2, 0.25) is 0 Å². The Labute approximate surface area is 189 Å². The first-order chi connectivity index (χ1) is 15.1. The molecule has 3 rings (SSSR count). The van der Waals surface area contributed by atoms with Gasteiger partial charge in [-0.1, -0.05) is 43.2 Å². The fraction of sp³-hybridized carbons (Fsp3) is 0.720. The second kappa shape index (κ2) is 12.4. The van der Waals surface area contributed by atoms with E-state index >= 15 is 0 Å². The van der Waals surface area contributed by atoms with E-state index in [4.69, 9.17) is 4.74 Å². The highest BCUT2D eigenvalue weighted by atomic mass is 16.5. The lowest BCUT2D eigenvalue weighted by molar-refractivity contribution is 0.155. The molecule has 6 heteroatoms. The molecule has 1 saturated carbocycles. The van der Waals surface area contributed by atoms with Crippen molar-refractivity contribution in [3.05, 3.63) is 35.9 Å². The molecule has 0 radical (unpaired) electrons. The molecular formula is C25H43N5O. The maximum Gasteiger partial charge on any atom is 0.191 e. The van der Waals surface area contributed by atoms with Crippen LogP contribution in [0.15, 0.2) is 35.3 Å². The number of piperidine rings is 1. The van der Waals surface area contributed by atoms with Gasteiger partial charge in [-0.05, 0) is 44.6 Å². The zero-order valence-electron chi connectivity index (χ0n) is 19.8. The second-order valence-corrected chi connectivity index (χ2v) is 9.30. The quantitative estimate of drug-likeness (QED) is 0.303. The molecule has 174 valence electrons. The number of nitrogens with zero attached hydrogens (tertiary/aromatic N) is 2. The van der Waals surface area contributed by atoms with Crippen molar-refractivity contribution >= 4 is 5.96 Å². The number of hydrogen-bond donors (Lipinski definition) is 3. The van der Waals surface area contributed by atoms with Gasteiger partial charge in [0.25, 0.3) is 0 Å². The topological polar surface area (TPSA) is 60.9 Å². The van der Waals surface area contributed by atoms with Gasteiger partial charge in [0.05, 0.1) is 0 Å². The van der Waals surface area contributed by atoms with E-state index in [1.165, 1.54) is 44.1 Å². The van der Waals surface area contributed by atoms with Crippen molar-refractivity contribution in [2.45, 2.75) is 69.5 Å². The molecule has 1 aromatic carbocycles. The van der Waals surface area contributed by atoms with Gasteiger partial charge in [0.15, 0.2) is 5.96 Å². The van der Waals surface area contributed by atoms with Gasteiger partial charge in [-0.2, -0.15) is 0 Å². The fourth-order valence-electron chi connectivity index (χ4n) is 5.08. The minimum Gasteiger partial charge on any atom is -0.385 e. The molecule has 1 aromatic rings. The van der Waals surface area contributed by atoms with Gasteiger partial charge >= 0.3 is 0 Å². The van der Waals surface area contributed by atoms with Crippen molar-refractivity contribution in [3.63, 3.8) is 0 Å². The SMILES string of the molecule is CN=C(NCC1(NC(C)c2ccccc2)CCCC1)NC1CCN(CCCOC)CC1. The molecule has 1 atom stereocenters. The van der Waals surface area contributed by atoms with Crippen molar-refractivity contribution in [1.29, 1.82) is 0 Å². The van der Waals surface area contributed by atoms with Gasteiger partial charge in [0.1, 0.15) is 0 Å². The van der Waals surface area contributed by atoms with Crippen LogP contribution in [0, 0.1) is 0 Å². The number of rotatable bonds is 10. The summed E-state index contributed by atoms with van der Waals surface area (Å²) in [4.78, 5) is 7.08. The third kappa shape index (κ3) is 7.48. The third-order valence-corrected chi connectivity index (χ3v) is 6.95. The van der Waals surface area contributed by atoms with Crippen molar-refractivity contribution in [1.82, 2.24) is 20.9 Å². The van der Waals surface area contributed by atoms with Crippen LogP contribution in [0.1, 0.15) is 63.5 Å². The van der Waals surface area contributed by atoms with Crippen molar-refractivity contribution in [3.8, 4) is 0 Å². The minimum atomic E-state index is 0.136. The van der Waals surface area contributed by atoms with Gasteiger partial charge < -0.3 is 25.6 Å². The molecule has 6 nitrogen and oxygen atoms in total. The number of ether oxygens (including phenoxy) is 1. The Morgan fingerprint density at radius 3 is 2.55 bits per heavy atom. The summed E-state index contributed by atoms with van der Waals surface area (Å²) < 4.78 is 5.18. The molecule has 1 aliphatic carbocycles. The van der Waals surface area contributed by atoms with E-state index in [2.05, 4.69) is 63.1 Å². The van der Waals surface area contributed by atoms with E-state index in [0.29, 0.717) is 12.1 Å². The van der Waals surface area contributed by atoms with Crippen LogP contribution in [0.4, 0.5) is 0 Å². The van der Waals surface area contributed by atoms with Crippen LogP contribution in [-0.4, -0.2) is 69.4 Å². The van der Waals surface area contributed by atoms with Gasteiger partial charge in [0, 0.05) is 64.6 Å². The number of methoxy groups -OCH3 is 1. The Balaban J connectivity index is 1.46. The predicted octanol–water partition coefficient (Wildman–Crippen LogP) is 3.32. The smallest absolute Gasteiger partial charge is 0.191 e. The van der Waals surface area contributed by atoms with Crippen LogP contribution < -0.4 is 16.0 Å². The summed E-state index contributed by atoms with van der Waals surface area (Å²) in [5.41, 5.74) is 1.49. The van der Waals surface area contributed by atoms with Crippen LogP contribution in [0.5, 0.6) is 0 Å². The lowest BCUT2D eigenvalue weighted by atomic mass is 9.94. The lowest BCUT2D eigenvalue weighted by Gasteiger charge is -2.36. The summed E-state index contributed by atoms with van der Waals surface area (Å²) in [6, 6.07) is 11.6. The lowest BCUT2D eigenvalue weighted by Crippen LogP contribution is -2.56. The number of likely N-dealkylation sites (tertiary alicyclic amines) is 1. The molecule has 3 N–H and O–H groups in total.